The number of benzene rings is 1. The molecule has 1 N–H and O–H groups in total. The largest absolute Gasteiger partial charge is 0.497 e. The van der Waals surface area contributed by atoms with Crippen LogP contribution in [0, 0.1) is 0 Å². The fraction of sp³-hybridized carbons (Fsp3) is 0.690. The summed E-state index contributed by atoms with van der Waals surface area (Å²) in [5.41, 5.74) is 1.87. The first-order valence-corrected chi connectivity index (χ1v) is 13.5. The van der Waals surface area contributed by atoms with Gasteiger partial charge in [0.05, 0.1) is 18.7 Å². The molecule has 0 saturated heterocycles. The predicted octanol–water partition coefficient (Wildman–Crippen LogP) is 7.69. The van der Waals surface area contributed by atoms with Crippen molar-refractivity contribution < 1.29 is 9.84 Å². The van der Waals surface area contributed by atoms with E-state index in [-0.39, 0.29) is 0 Å². The molecule has 1 unspecified atom stereocenters. The first-order chi connectivity index (χ1) is 16.2. The van der Waals surface area contributed by atoms with Crippen LogP contribution in [0.2, 0.25) is 0 Å². The molecule has 0 aliphatic rings. The lowest BCUT2D eigenvalue weighted by atomic mass is 9.98. The van der Waals surface area contributed by atoms with Gasteiger partial charge in [0.2, 0.25) is 0 Å². The Labute approximate surface area is 202 Å². The van der Waals surface area contributed by atoms with Gasteiger partial charge in [-0.3, -0.25) is 4.98 Å². The number of ether oxygens (including phenoxy) is 1. The van der Waals surface area contributed by atoms with Gasteiger partial charge >= 0.3 is 0 Å². The summed E-state index contributed by atoms with van der Waals surface area (Å²) >= 11 is 0. The van der Waals surface area contributed by atoms with Crippen molar-refractivity contribution in [3.05, 3.63) is 36.0 Å². The average molecular weight is 457 g/mol. The van der Waals surface area contributed by atoms with Crippen LogP contribution < -0.4 is 4.74 Å². The number of aliphatic hydroxyl groups excluding tert-OH is 1. The topological polar surface area (TPSA) is 45.6 Å². The van der Waals surface area contributed by atoms with Crippen molar-refractivity contribution in [3.8, 4) is 5.75 Å². The number of nitrogens with zero attached hydrogens (tertiary/aromatic N) is 2. The Balaban J connectivity index is 1.57. The van der Waals surface area contributed by atoms with Gasteiger partial charge < -0.3 is 14.7 Å². The van der Waals surface area contributed by atoms with E-state index in [0.717, 1.165) is 35.1 Å². The molecule has 0 spiro atoms. The summed E-state index contributed by atoms with van der Waals surface area (Å²) < 4.78 is 5.35. The van der Waals surface area contributed by atoms with E-state index in [9.17, 15) is 5.11 Å². The SMILES string of the molecule is CCCCN(CCCC)CCCCCCCCCCC(O)c1ccnc2ccc(OC)cc12. The van der Waals surface area contributed by atoms with E-state index in [4.69, 9.17) is 4.74 Å². The molecule has 1 aromatic carbocycles. The van der Waals surface area contributed by atoms with Gasteiger partial charge in [-0.25, -0.2) is 0 Å². The fourth-order valence-corrected chi connectivity index (χ4v) is 4.55. The molecule has 33 heavy (non-hydrogen) atoms. The molecule has 0 bridgehead atoms. The highest BCUT2D eigenvalue weighted by Gasteiger charge is 2.12. The number of hydrogen-bond acceptors (Lipinski definition) is 4. The summed E-state index contributed by atoms with van der Waals surface area (Å²) in [4.78, 5) is 7.10. The van der Waals surface area contributed by atoms with E-state index < -0.39 is 6.10 Å². The summed E-state index contributed by atoms with van der Waals surface area (Å²) in [6.45, 7) is 8.43. The van der Waals surface area contributed by atoms with E-state index in [1.54, 1.807) is 13.3 Å². The van der Waals surface area contributed by atoms with Crippen LogP contribution >= 0.6 is 0 Å². The Kier molecular flexibility index (Phi) is 14.1. The van der Waals surface area contributed by atoms with Crippen molar-refractivity contribution in [1.29, 1.82) is 0 Å². The minimum Gasteiger partial charge on any atom is -0.497 e. The molecule has 2 aromatic rings. The van der Waals surface area contributed by atoms with Gasteiger partial charge in [0.25, 0.3) is 0 Å². The number of aliphatic hydroxyl groups is 1. The number of methoxy groups -OCH3 is 1. The third-order valence-electron chi connectivity index (χ3n) is 6.70. The summed E-state index contributed by atoms with van der Waals surface area (Å²) in [5.74, 6) is 0.804. The molecule has 0 aliphatic heterocycles. The average Bonchev–Trinajstić information content (AvgIpc) is 2.85. The number of pyridine rings is 1. The van der Waals surface area contributed by atoms with Gasteiger partial charge in [-0.2, -0.15) is 0 Å². The highest BCUT2D eigenvalue weighted by Crippen LogP contribution is 2.29. The number of hydrogen-bond donors (Lipinski definition) is 1. The smallest absolute Gasteiger partial charge is 0.119 e. The lowest BCUT2D eigenvalue weighted by Gasteiger charge is -2.21. The van der Waals surface area contributed by atoms with Gasteiger partial charge in [-0.1, -0.05) is 71.6 Å². The fourth-order valence-electron chi connectivity index (χ4n) is 4.55. The van der Waals surface area contributed by atoms with E-state index in [1.165, 1.54) is 90.3 Å². The van der Waals surface area contributed by atoms with Gasteiger partial charge in [-0.15, -0.1) is 0 Å². The van der Waals surface area contributed by atoms with Crippen LogP contribution in [0.1, 0.15) is 109 Å². The molecule has 0 radical (unpaired) electrons. The normalized spacial score (nSPS) is 12.5. The summed E-state index contributed by atoms with van der Waals surface area (Å²) in [5, 5.41) is 11.8. The monoisotopic (exact) mass is 456 g/mol. The maximum Gasteiger partial charge on any atom is 0.119 e. The summed E-state index contributed by atoms with van der Waals surface area (Å²) in [7, 11) is 1.67. The van der Waals surface area contributed by atoms with Crippen LogP contribution in [-0.2, 0) is 0 Å². The zero-order chi connectivity index (χ0) is 23.7. The molecule has 1 atom stereocenters. The molecule has 0 fully saturated rings. The molecular formula is C29H48N2O2. The standard InChI is InChI=1S/C29H48N2O2/c1-4-6-21-31(22-7-5-2)23-15-13-11-9-8-10-12-14-16-29(32)26-19-20-30-28-18-17-25(33-3)24-27(26)28/h17-20,24,29,32H,4-16,21-23H2,1-3H3. The first-order valence-electron chi connectivity index (χ1n) is 13.5. The van der Waals surface area contributed by atoms with Crippen molar-refractivity contribution in [2.75, 3.05) is 26.7 Å². The summed E-state index contributed by atoms with van der Waals surface area (Å²) in [6.07, 6.45) is 17.7. The molecule has 186 valence electrons. The number of unbranched alkanes of at least 4 members (excludes halogenated alkanes) is 9. The Morgan fingerprint density at radius 3 is 2.06 bits per heavy atom. The van der Waals surface area contributed by atoms with E-state index in [0.29, 0.717) is 0 Å². The highest BCUT2D eigenvalue weighted by molar-refractivity contribution is 5.83. The third kappa shape index (κ3) is 10.4. The molecule has 4 nitrogen and oxygen atoms in total. The van der Waals surface area contributed by atoms with E-state index in [1.807, 2.05) is 24.3 Å². The Morgan fingerprint density at radius 2 is 1.42 bits per heavy atom. The molecule has 2 rings (SSSR count). The van der Waals surface area contributed by atoms with Gasteiger partial charge in [0.1, 0.15) is 5.75 Å². The first kappa shape index (κ1) is 27.6. The van der Waals surface area contributed by atoms with Crippen molar-refractivity contribution in [2.45, 2.75) is 103 Å². The van der Waals surface area contributed by atoms with Gasteiger partial charge in [0.15, 0.2) is 0 Å². The van der Waals surface area contributed by atoms with Crippen molar-refractivity contribution in [3.63, 3.8) is 0 Å². The second-order valence-corrected chi connectivity index (χ2v) is 9.46. The lowest BCUT2D eigenvalue weighted by molar-refractivity contribution is 0.164. The van der Waals surface area contributed by atoms with Crippen LogP contribution in [0.15, 0.2) is 30.5 Å². The van der Waals surface area contributed by atoms with Crippen molar-refractivity contribution in [1.82, 2.24) is 9.88 Å². The Bertz CT molecular complexity index is 756. The predicted molar refractivity (Wildman–Crippen MR) is 141 cm³/mol. The van der Waals surface area contributed by atoms with Crippen LogP contribution in [0.4, 0.5) is 0 Å². The number of fused-ring (bicyclic) bond motifs is 1. The second kappa shape index (κ2) is 16.9. The zero-order valence-electron chi connectivity index (χ0n) is 21.5. The maximum absolute atomic E-state index is 10.8. The molecule has 0 saturated carbocycles. The van der Waals surface area contributed by atoms with Crippen LogP contribution in [0.3, 0.4) is 0 Å². The van der Waals surface area contributed by atoms with Crippen molar-refractivity contribution >= 4 is 10.9 Å². The van der Waals surface area contributed by atoms with Crippen molar-refractivity contribution in [2.24, 2.45) is 0 Å². The molecule has 1 heterocycles. The van der Waals surface area contributed by atoms with Crippen LogP contribution in [0.5, 0.6) is 5.75 Å². The van der Waals surface area contributed by atoms with E-state index in [2.05, 4.69) is 23.7 Å². The quantitative estimate of drug-likeness (QED) is 0.220. The Hall–Kier alpha value is -1.65. The second-order valence-electron chi connectivity index (χ2n) is 9.46. The highest BCUT2D eigenvalue weighted by atomic mass is 16.5. The maximum atomic E-state index is 10.8. The molecule has 4 heteroatoms. The molecule has 0 amide bonds. The number of rotatable bonds is 19. The van der Waals surface area contributed by atoms with E-state index >= 15 is 0 Å². The minimum atomic E-state index is -0.439. The molecular weight excluding hydrogens is 408 g/mol. The lowest BCUT2D eigenvalue weighted by Crippen LogP contribution is -2.27. The number of aromatic nitrogens is 1. The minimum absolute atomic E-state index is 0.439. The summed E-state index contributed by atoms with van der Waals surface area (Å²) in [6, 6.07) is 7.80. The zero-order valence-corrected chi connectivity index (χ0v) is 21.5. The van der Waals surface area contributed by atoms with Crippen LogP contribution in [0.25, 0.3) is 10.9 Å². The Morgan fingerprint density at radius 1 is 0.818 bits per heavy atom. The van der Waals surface area contributed by atoms with Crippen LogP contribution in [-0.4, -0.2) is 41.7 Å². The molecule has 1 aromatic heterocycles. The molecule has 0 aliphatic carbocycles. The van der Waals surface area contributed by atoms with Gasteiger partial charge in [0, 0.05) is 11.6 Å². The third-order valence-corrected chi connectivity index (χ3v) is 6.70. The van der Waals surface area contributed by atoms with Gasteiger partial charge in [-0.05, 0) is 75.1 Å².